The van der Waals surface area contributed by atoms with Gasteiger partial charge in [0, 0.05) is 29.1 Å². The second-order valence-corrected chi connectivity index (χ2v) is 8.89. The topological polar surface area (TPSA) is 77.2 Å². The first kappa shape index (κ1) is 20.2. The van der Waals surface area contributed by atoms with E-state index in [0.717, 1.165) is 5.56 Å². The van der Waals surface area contributed by atoms with E-state index in [4.69, 9.17) is 33.7 Å². The van der Waals surface area contributed by atoms with Gasteiger partial charge in [0.2, 0.25) is 5.91 Å². The van der Waals surface area contributed by atoms with Crippen molar-refractivity contribution < 1.29 is 9.53 Å². The van der Waals surface area contributed by atoms with Crippen LogP contribution in [0.4, 0.5) is 0 Å². The van der Waals surface area contributed by atoms with Gasteiger partial charge in [0.05, 0.1) is 28.8 Å². The number of pyridine rings is 1. The molecule has 2 aliphatic rings. The highest BCUT2D eigenvalue weighted by Gasteiger charge is 2.62. The maximum atomic E-state index is 12.8. The number of nitrogens with one attached hydrogen (secondary N) is 1. The number of nitrogens with zero attached hydrogens (tertiary/aromatic N) is 1. The summed E-state index contributed by atoms with van der Waals surface area (Å²) in [6.45, 7) is 3.91. The van der Waals surface area contributed by atoms with Crippen LogP contribution in [0.5, 0.6) is 5.75 Å². The van der Waals surface area contributed by atoms with Crippen LogP contribution in [0.1, 0.15) is 31.0 Å². The number of hydrogen-bond donors (Lipinski definition) is 2. The van der Waals surface area contributed by atoms with Gasteiger partial charge < -0.3 is 15.8 Å². The number of rotatable bonds is 3. The van der Waals surface area contributed by atoms with E-state index < -0.39 is 11.0 Å². The summed E-state index contributed by atoms with van der Waals surface area (Å²) in [5.41, 5.74) is 7.03. The minimum atomic E-state index is -0.981. The number of carbonyl (C=O) groups is 1. The Morgan fingerprint density at radius 2 is 2.00 bits per heavy atom. The standard InChI is InChI=1S/C22H23Cl2N3O2/c1-12-19-21(2,20(28)27-12)9-8-16(15-6-5-14(29-3)10-17(15)24)22(19,25)18-7-4-13(23)11-26-18/h4-12,16,19H,25H2,1-3H3,(H,27,28). The Morgan fingerprint density at radius 1 is 1.24 bits per heavy atom. The van der Waals surface area contributed by atoms with E-state index in [1.165, 1.54) is 0 Å². The van der Waals surface area contributed by atoms with Crippen molar-refractivity contribution in [3.8, 4) is 5.75 Å². The number of benzene rings is 1. The Balaban J connectivity index is 1.95. The van der Waals surface area contributed by atoms with Crippen molar-refractivity contribution in [3.05, 3.63) is 70.0 Å². The number of halogens is 2. The minimum Gasteiger partial charge on any atom is -0.497 e. The fraction of sp³-hybridized carbons (Fsp3) is 0.364. The molecular weight excluding hydrogens is 409 g/mol. The molecule has 5 unspecified atom stereocenters. The van der Waals surface area contributed by atoms with E-state index in [1.807, 2.05) is 44.2 Å². The number of carbonyl (C=O) groups excluding carboxylic acids is 1. The predicted molar refractivity (Wildman–Crippen MR) is 114 cm³/mol. The molecule has 7 heteroatoms. The lowest BCUT2D eigenvalue weighted by Gasteiger charge is -2.49. The lowest BCUT2D eigenvalue weighted by Crippen LogP contribution is -2.58. The molecule has 2 heterocycles. The van der Waals surface area contributed by atoms with Gasteiger partial charge >= 0.3 is 0 Å². The molecule has 0 spiro atoms. The van der Waals surface area contributed by atoms with Crippen LogP contribution in [-0.4, -0.2) is 24.0 Å². The van der Waals surface area contributed by atoms with Crippen LogP contribution in [0.15, 0.2) is 48.7 Å². The first-order chi connectivity index (χ1) is 13.7. The van der Waals surface area contributed by atoms with Gasteiger partial charge in [-0.3, -0.25) is 9.78 Å². The molecule has 4 rings (SSSR count). The fourth-order valence-corrected chi connectivity index (χ4v) is 5.44. The molecule has 1 aromatic heterocycles. The Morgan fingerprint density at radius 3 is 2.62 bits per heavy atom. The molecule has 152 valence electrons. The van der Waals surface area contributed by atoms with E-state index >= 15 is 0 Å². The van der Waals surface area contributed by atoms with Crippen molar-refractivity contribution in [1.29, 1.82) is 0 Å². The number of fused-ring (bicyclic) bond motifs is 1. The summed E-state index contributed by atoms with van der Waals surface area (Å²) < 4.78 is 5.29. The molecule has 2 aromatic rings. The summed E-state index contributed by atoms with van der Waals surface area (Å²) >= 11 is 12.7. The highest BCUT2D eigenvalue weighted by molar-refractivity contribution is 6.31. The average molecular weight is 432 g/mol. The highest BCUT2D eigenvalue weighted by atomic mass is 35.5. The van der Waals surface area contributed by atoms with E-state index in [2.05, 4.69) is 10.3 Å². The first-order valence-corrected chi connectivity index (χ1v) is 10.2. The Kier molecular flexibility index (Phi) is 4.88. The quantitative estimate of drug-likeness (QED) is 0.718. The summed E-state index contributed by atoms with van der Waals surface area (Å²) in [6.07, 6.45) is 5.53. The number of amides is 1. The second-order valence-electron chi connectivity index (χ2n) is 8.04. The van der Waals surface area contributed by atoms with Gasteiger partial charge in [0.25, 0.3) is 0 Å². The SMILES string of the molecule is COc1ccc(C2C=CC3(C)C(=O)NC(C)C3C2(N)c2ccc(Cl)cn2)c(Cl)c1. The smallest absolute Gasteiger partial charge is 0.230 e. The molecule has 1 fully saturated rings. The maximum absolute atomic E-state index is 12.8. The lowest BCUT2D eigenvalue weighted by molar-refractivity contribution is -0.126. The molecule has 1 amide bonds. The molecule has 1 aliphatic heterocycles. The normalized spacial score (nSPS) is 33.3. The van der Waals surface area contributed by atoms with Gasteiger partial charge in [-0.2, -0.15) is 0 Å². The number of ether oxygens (including phenoxy) is 1. The zero-order chi connectivity index (χ0) is 21.0. The fourth-order valence-electron chi connectivity index (χ4n) is 5.04. The zero-order valence-corrected chi connectivity index (χ0v) is 18.0. The number of methoxy groups -OCH3 is 1. The minimum absolute atomic E-state index is 0.0330. The number of aromatic nitrogens is 1. The van der Waals surface area contributed by atoms with E-state index in [1.54, 1.807) is 25.4 Å². The third-order valence-electron chi connectivity index (χ3n) is 6.37. The number of hydrogen-bond acceptors (Lipinski definition) is 4. The average Bonchev–Trinajstić information content (AvgIpc) is 2.92. The summed E-state index contributed by atoms with van der Waals surface area (Å²) in [7, 11) is 1.60. The lowest BCUT2D eigenvalue weighted by atomic mass is 9.56. The molecule has 29 heavy (non-hydrogen) atoms. The number of nitrogens with two attached hydrogens (primary N) is 1. The van der Waals surface area contributed by atoms with E-state index in [0.29, 0.717) is 21.5 Å². The van der Waals surface area contributed by atoms with Gasteiger partial charge in [0.1, 0.15) is 5.75 Å². The zero-order valence-electron chi connectivity index (χ0n) is 16.4. The molecule has 0 saturated carbocycles. The van der Waals surface area contributed by atoms with Crippen molar-refractivity contribution in [2.75, 3.05) is 7.11 Å². The van der Waals surface area contributed by atoms with Crippen LogP contribution in [0, 0.1) is 11.3 Å². The van der Waals surface area contributed by atoms with Crippen LogP contribution in [0.3, 0.4) is 0 Å². The molecule has 5 nitrogen and oxygen atoms in total. The Labute approximate surface area is 180 Å². The summed E-state index contributed by atoms with van der Waals surface area (Å²) in [5, 5.41) is 4.14. The Bertz CT molecular complexity index is 994. The van der Waals surface area contributed by atoms with Crippen molar-refractivity contribution in [3.63, 3.8) is 0 Å². The van der Waals surface area contributed by atoms with Crippen LogP contribution >= 0.6 is 23.2 Å². The molecule has 0 radical (unpaired) electrons. The third-order valence-corrected chi connectivity index (χ3v) is 6.92. The van der Waals surface area contributed by atoms with E-state index in [9.17, 15) is 4.79 Å². The van der Waals surface area contributed by atoms with Crippen molar-refractivity contribution in [2.45, 2.75) is 31.3 Å². The largest absolute Gasteiger partial charge is 0.497 e. The van der Waals surface area contributed by atoms with Crippen LogP contribution in [0.2, 0.25) is 10.0 Å². The third kappa shape index (κ3) is 2.95. The maximum Gasteiger partial charge on any atom is 0.230 e. The van der Waals surface area contributed by atoms with Crippen molar-refractivity contribution >= 4 is 29.1 Å². The molecular formula is C22H23Cl2N3O2. The molecule has 3 N–H and O–H groups in total. The van der Waals surface area contributed by atoms with Gasteiger partial charge in [-0.25, -0.2) is 0 Å². The van der Waals surface area contributed by atoms with Crippen LogP contribution in [0.25, 0.3) is 0 Å². The molecule has 0 bridgehead atoms. The van der Waals surface area contributed by atoms with Crippen LogP contribution < -0.4 is 15.8 Å². The van der Waals surface area contributed by atoms with Crippen LogP contribution in [-0.2, 0) is 10.3 Å². The molecule has 5 atom stereocenters. The van der Waals surface area contributed by atoms with Gasteiger partial charge in [0.15, 0.2) is 0 Å². The molecule has 1 aliphatic carbocycles. The first-order valence-electron chi connectivity index (χ1n) is 9.46. The highest BCUT2D eigenvalue weighted by Crippen LogP contribution is 2.56. The molecule has 1 saturated heterocycles. The summed E-state index contributed by atoms with van der Waals surface area (Å²) in [4.78, 5) is 17.4. The monoisotopic (exact) mass is 431 g/mol. The Hall–Kier alpha value is -2.08. The van der Waals surface area contributed by atoms with E-state index in [-0.39, 0.29) is 23.8 Å². The summed E-state index contributed by atoms with van der Waals surface area (Å²) in [6, 6.07) is 9.03. The van der Waals surface area contributed by atoms with Gasteiger partial charge in [-0.05, 0) is 43.7 Å². The van der Waals surface area contributed by atoms with Crippen molar-refractivity contribution in [2.24, 2.45) is 17.1 Å². The predicted octanol–water partition coefficient (Wildman–Crippen LogP) is 4.05. The van der Waals surface area contributed by atoms with Gasteiger partial charge in [-0.1, -0.05) is 41.4 Å². The summed E-state index contributed by atoms with van der Waals surface area (Å²) in [5.74, 6) is 0.114. The van der Waals surface area contributed by atoms with Crippen molar-refractivity contribution in [1.82, 2.24) is 10.3 Å². The molecule has 1 aromatic carbocycles. The second kappa shape index (κ2) is 7.01. The van der Waals surface area contributed by atoms with Gasteiger partial charge in [-0.15, -0.1) is 0 Å².